The van der Waals surface area contributed by atoms with E-state index in [9.17, 15) is 31.1 Å². The highest BCUT2D eigenvalue weighted by molar-refractivity contribution is 7.15. The molecule has 0 saturated heterocycles. The van der Waals surface area contributed by atoms with Gasteiger partial charge in [0.2, 0.25) is 0 Å². The van der Waals surface area contributed by atoms with E-state index in [0.29, 0.717) is 10.4 Å². The van der Waals surface area contributed by atoms with Crippen molar-refractivity contribution in [1.82, 2.24) is 0 Å². The van der Waals surface area contributed by atoms with Gasteiger partial charge in [0, 0.05) is 20.9 Å². The van der Waals surface area contributed by atoms with Crippen LogP contribution in [0.1, 0.15) is 20.8 Å². The second-order valence-corrected chi connectivity index (χ2v) is 8.37. The maximum atomic E-state index is 14.9. The third-order valence-corrected chi connectivity index (χ3v) is 6.27. The fourth-order valence-corrected chi connectivity index (χ4v) is 4.63. The molecular weight excluding hydrogens is 438 g/mol. The topological polar surface area (TPSA) is 17.1 Å². The molecule has 31 heavy (non-hydrogen) atoms. The average molecular weight is 452 g/mol. The maximum absolute atomic E-state index is 14.9. The lowest BCUT2D eigenvalue weighted by molar-refractivity contribution is -0.259. The van der Waals surface area contributed by atoms with Crippen molar-refractivity contribution >= 4 is 22.7 Å². The second kappa shape index (κ2) is 7.09. The molecule has 4 rings (SSSR count). The fourth-order valence-electron chi connectivity index (χ4n) is 3.59. The number of Topliss-reactive ketones (excluding diaryl/α,β-unsaturated/α-hetero) is 1. The van der Waals surface area contributed by atoms with E-state index in [1.54, 1.807) is 30.3 Å². The van der Waals surface area contributed by atoms with Gasteiger partial charge < -0.3 is 0 Å². The lowest BCUT2D eigenvalue weighted by Crippen LogP contribution is -2.49. The number of hydrogen-bond donors (Lipinski definition) is 0. The van der Waals surface area contributed by atoms with E-state index in [1.807, 2.05) is 0 Å². The highest BCUT2D eigenvalue weighted by Gasteiger charge is 2.81. The molecule has 0 bridgehead atoms. The third kappa shape index (κ3) is 3.04. The number of ketones is 1. The van der Waals surface area contributed by atoms with E-state index < -0.39 is 40.3 Å². The van der Waals surface area contributed by atoms with Crippen LogP contribution >= 0.6 is 11.3 Å². The van der Waals surface area contributed by atoms with Crippen LogP contribution in [0.3, 0.4) is 0 Å². The molecule has 0 saturated carbocycles. The minimum atomic E-state index is -5.75. The maximum Gasteiger partial charge on any atom is 0.380 e. The highest BCUT2D eigenvalue weighted by Crippen LogP contribution is 2.63. The smallest absolute Gasteiger partial charge is 0.289 e. The van der Waals surface area contributed by atoms with Crippen LogP contribution in [0.4, 0.5) is 26.3 Å². The van der Waals surface area contributed by atoms with Gasteiger partial charge in [-0.3, -0.25) is 4.79 Å². The zero-order valence-corrected chi connectivity index (χ0v) is 16.8. The molecule has 1 aliphatic carbocycles. The summed E-state index contributed by atoms with van der Waals surface area (Å²) >= 11 is 0.996. The summed E-state index contributed by atoms with van der Waals surface area (Å²) in [4.78, 5) is 13.4. The summed E-state index contributed by atoms with van der Waals surface area (Å²) in [7, 11) is 0. The van der Waals surface area contributed by atoms with Gasteiger partial charge in [0.15, 0.2) is 5.78 Å². The number of rotatable bonds is 4. The molecule has 0 radical (unpaired) electrons. The first-order chi connectivity index (χ1) is 14.5. The number of thiophene rings is 1. The zero-order valence-electron chi connectivity index (χ0n) is 15.9. The van der Waals surface area contributed by atoms with Crippen molar-refractivity contribution in [3.05, 3.63) is 88.3 Å². The van der Waals surface area contributed by atoms with Gasteiger partial charge in [-0.25, -0.2) is 0 Å². The van der Waals surface area contributed by atoms with Crippen molar-refractivity contribution < 1.29 is 31.1 Å². The van der Waals surface area contributed by atoms with Crippen LogP contribution in [0, 0.1) is 6.92 Å². The number of carbonyl (C=O) groups is 1. The minimum absolute atomic E-state index is 0.125. The van der Waals surface area contributed by atoms with E-state index >= 15 is 0 Å². The number of aryl methyl sites for hydroxylation is 1. The molecule has 160 valence electrons. The van der Waals surface area contributed by atoms with Crippen LogP contribution in [0.5, 0.6) is 0 Å². The van der Waals surface area contributed by atoms with E-state index in [-0.39, 0.29) is 10.4 Å². The Balaban J connectivity index is 2.00. The first-order valence-electron chi connectivity index (χ1n) is 9.14. The first kappa shape index (κ1) is 21.4. The fraction of sp³-hybridized carbons (Fsp3) is 0.174. The lowest BCUT2D eigenvalue weighted by Gasteiger charge is -2.25. The average Bonchev–Trinajstić information content (AvgIpc) is 3.17. The van der Waals surface area contributed by atoms with Crippen molar-refractivity contribution in [2.75, 3.05) is 0 Å². The normalized spacial score (nSPS) is 18.9. The number of allylic oxidation sites excluding steroid dienone is 2. The monoisotopic (exact) mass is 452 g/mol. The summed E-state index contributed by atoms with van der Waals surface area (Å²) in [5.41, 5.74) is -3.73. The summed E-state index contributed by atoms with van der Waals surface area (Å²) in [6, 6.07) is 16.0. The molecule has 3 aromatic rings. The first-order valence-corrected chi connectivity index (χ1v) is 9.96. The number of alkyl halides is 6. The molecule has 1 nitrogen and oxygen atoms in total. The van der Waals surface area contributed by atoms with Crippen molar-refractivity contribution in [3.8, 4) is 10.4 Å². The van der Waals surface area contributed by atoms with Gasteiger partial charge in [-0.1, -0.05) is 60.7 Å². The van der Waals surface area contributed by atoms with Crippen LogP contribution in [0.25, 0.3) is 16.0 Å². The lowest BCUT2D eigenvalue weighted by atomic mass is 9.94. The highest BCUT2D eigenvalue weighted by atomic mass is 32.1. The number of carbonyl (C=O) groups excluding carboxylic acids is 1. The van der Waals surface area contributed by atoms with Gasteiger partial charge >= 0.3 is 17.8 Å². The van der Waals surface area contributed by atoms with Gasteiger partial charge in [0.05, 0.1) is 5.57 Å². The van der Waals surface area contributed by atoms with Gasteiger partial charge in [-0.05, 0) is 24.1 Å². The zero-order chi connectivity index (χ0) is 22.6. The molecule has 1 aromatic heterocycles. The van der Waals surface area contributed by atoms with E-state index in [4.69, 9.17) is 0 Å². The van der Waals surface area contributed by atoms with Gasteiger partial charge in [-0.15, -0.1) is 11.3 Å². The van der Waals surface area contributed by atoms with Crippen molar-refractivity contribution in [2.24, 2.45) is 0 Å². The molecule has 0 amide bonds. The van der Waals surface area contributed by atoms with Crippen molar-refractivity contribution in [3.63, 3.8) is 0 Å². The van der Waals surface area contributed by atoms with Crippen LogP contribution < -0.4 is 0 Å². The second-order valence-electron chi connectivity index (χ2n) is 7.11. The molecule has 0 unspecified atom stereocenters. The Kier molecular flexibility index (Phi) is 4.88. The minimum Gasteiger partial charge on any atom is -0.289 e. The quantitative estimate of drug-likeness (QED) is 0.300. The molecule has 8 heteroatoms. The molecular formula is C23H14F6OS. The molecule has 0 fully saturated rings. The van der Waals surface area contributed by atoms with Crippen LogP contribution in [0.2, 0.25) is 0 Å². The number of benzene rings is 2. The van der Waals surface area contributed by atoms with E-state index in [1.165, 1.54) is 25.1 Å². The molecule has 0 N–H and O–H groups in total. The summed E-state index contributed by atoms with van der Waals surface area (Å²) in [5.74, 6) is -17.9. The Labute approximate surface area is 177 Å². The van der Waals surface area contributed by atoms with E-state index in [0.717, 1.165) is 29.5 Å². The molecule has 0 atom stereocenters. The van der Waals surface area contributed by atoms with Crippen LogP contribution in [0.15, 0.2) is 72.3 Å². The Hall–Kier alpha value is -2.87. The Morgan fingerprint density at radius 3 is 1.94 bits per heavy atom. The van der Waals surface area contributed by atoms with Crippen LogP contribution in [-0.4, -0.2) is 23.6 Å². The van der Waals surface area contributed by atoms with Gasteiger partial charge in [-0.2, -0.15) is 26.3 Å². The predicted octanol–water partition coefficient (Wildman–Crippen LogP) is 7.28. The van der Waals surface area contributed by atoms with E-state index in [2.05, 4.69) is 0 Å². The summed E-state index contributed by atoms with van der Waals surface area (Å²) in [5, 5.41) is 0. The summed E-state index contributed by atoms with van der Waals surface area (Å²) in [6.45, 7) is 1.37. The van der Waals surface area contributed by atoms with Crippen molar-refractivity contribution in [2.45, 2.75) is 24.7 Å². The molecule has 1 aliphatic rings. The molecule has 1 heterocycles. The van der Waals surface area contributed by atoms with Crippen LogP contribution in [-0.2, 0) is 0 Å². The van der Waals surface area contributed by atoms with Crippen molar-refractivity contribution in [1.29, 1.82) is 0 Å². The molecule has 0 spiro atoms. The summed E-state index contributed by atoms with van der Waals surface area (Å²) < 4.78 is 87.8. The SMILES string of the molecule is Cc1sc(-c2ccccc2)cc1C1=C(C(=O)c2ccccc2)C(F)(F)C(F)(F)C1(F)F. The number of hydrogen-bond acceptors (Lipinski definition) is 2. The Morgan fingerprint density at radius 1 is 0.806 bits per heavy atom. The number of halogens is 6. The molecule has 2 aromatic carbocycles. The predicted molar refractivity (Wildman–Crippen MR) is 107 cm³/mol. The largest absolute Gasteiger partial charge is 0.380 e. The van der Waals surface area contributed by atoms with Gasteiger partial charge in [0.1, 0.15) is 0 Å². The summed E-state index contributed by atoms with van der Waals surface area (Å²) in [6.07, 6.45) is 0. The van der Waals surface area contributed by atoms with Gasteiger partial charge in [0.25, 0.3) is 0 Å². The Bertz CT molecular complexity index is 1180. The third-order valence-electron chi connectivity index (χ3n) is 5.18. The Morgan fingerprint density at radius 2 is 1.35 bits per heavy atom. The molecule has 0 aliphatic heterocycles. The standard InChI is InChI=1S/C23H14F6OS/c1-13-16(12-17(31-13)14-8-4-2-5-9-14)18-19(20(30)15-10-6-3-7-11-15)22(26,27)23(28,29)21(18,24)25/h2-12H,1H3.